The maximum absolute atomic E-state index is 11.6. The molecule has 2 aliphatic rings. The molecule has 1 amide bonds. The summed E-state index contributed by atoms with van der Waals surface area (Å²) in [5, 5.41) is 6.74. The van der Waals surface area contributed by atoms with Gasteiger partial charge in [-0.25, -0.2) is 0 Å². The van der Waals surface area contributed by atoms with Gasteiger partial charge in [0.05, 0.1) is 6.61 Å². The van der Waals surface area contributed by atoms with E-state index in [1.807, 2.05) is 4.90 Å². The average Bonchev–Trinajstić information content (AvgIpc) is 3.07. The number of rotatable bonds is 10. The number of nitrogens with one attached hydrogen (secondary N) is 2. The first-order valence-electron chi connectivity index (χ1n) is 10.2. The second-order valence-corrected chi connectivity index (χ2v) is 7.26. The van der Waals surface area contributed by atoms with Crippen LogP contribution in [0.1, 0.15) is 39.0 Å². The summed E-state index contributed by atoms with van der Waals surface area (Å²) in [5.41, 5.74) is 0. The van der Waals surface area contributed by atoms with Gasteiger partial charge in [0.1, 0.15) is 0 Å². The number of nitrogens with zero attached hydrogens (tertiary/aromatic N) is 3. The molecule has 0 aromatic carbocycles. The Morgan fingerprint density at radius 3 is 2.63 bits per heavy atom. The van der Waals surface area contributed by atoms with Gasteiger partial charge in [-0.2, -0.15) is 0 Å². The third-order valence-corrected chi connectivity index (χ3v) is 5.24. The van der Waals surface area contributed by atoms with Crippen molar-refractivity contribution in [3.8, 4) is 0 Å². The van der Waals surface area contributed by atoms with E-state index < -0.39 is 0 Å². The molecule has 0 spiro atoms. The van der Waals surface area contributed by atoms with Gasteiger partial charge in [-0.1, -0.05) is 0 Å². The highest BCUT2D eigenvalue weighted by Gasteiger charge is 2.20. The van der Waals surface area contributed by atoms with Gasteiger partial charge >= 0.3 is 0 Å². The van der Waals surface area contributed by atoms with Crippen LogP contribution < -0.4 is 10.6 Å². The minimum atomic E-state index is 0. The van der Waals surface area contributed by atoms with Crippen LogP contribution in [0, 0.1) is 5.92 Å². The number of aliphatic imine (C=N–C) groups is 1. The van der Waals surface area contributed by atoms with E-state index in [2.05, 4.69) is 22.5 Å². The van der Waals surface area contributed by atoms with Crippen molar-refractivity contribution in [3.63, 3.8) is 0 Å². The van der Waals surface area contributed by atoms with Gasteiger partial charge in [-0.15, -0.1) is 24.0 Å². The van der Waals surface area contributed by atoms with Crippen LogP contribution in [-0.2, 0) is 9.53 Å². The zero-order valence-corrected chi connectivity index (χ0v) is 19.4. The molecule has 0 radical (unpaired) electrons. The Labute approximate surface area is 181 Å². The molecule has 0 aromatic rings. The summed E-state index contributed by atoms with van der Waals surface area (Å²) in [6.07, 6.45) is 5.13. The lowest BCUT2D eigenvalue weighted by Gasteiger charge is -2.31. The molecule has 0 aliphatic carbocycles. The molecular weight excluding hydrogens is 457 g/mol. The van der Waals surface area contributed by atoms with E-state index in [1.54, 1.807) is 7.11 Å². The quantitative estimate of drug-likeness (QED) is 0.208. The summed E-state index contributed by atoms with van der Waals surface area (Å²) in [7, 11) is 1.76. The molecule has 2 heterocycles. The Hall–Kier alpha value is -0.610. The van der Waals surface area contributed by atoms with Gasteiger partial charge in [0.25, 0.3) is 0 Å². The van der Waals surface area contributed by atoms with Crippen molar-refractivity contribution in [1.82, 2.24) is 20.4 Å². The van der Waals surface area contributed by atoms with Gasteiger partial charge in [0.15, 0.2) is 5.96 Å². The minimum absolute atomic E-state index is 0. The molecule has 7 nitrogen and oxygen atoms in total. The van der Waals surface area contributed by atoms with E-state index in [0.29, 0.717) is 11.8 Å². The molecule has 158 valence electrons. The number of guanidine groups is 1. The highest BCUT2D eigenvalue weighted by atomic mass is 127. The molecule has 0 aromatic heterocycles. The third kappa shape index (κ3) is 9.43. The summed E-state index contributed by atoms with van der Waals surface area (Å²) in [5.74, 6) is 1.89. The van der Waals surface area contributed by atoms with Crippen LogP contribution in [0.5, 0.6) is 0 Å². The lowest BCUT2D eigenvalue weighted by Crippen LogP contribution is -2.40. The van der Waals surface area contributed by atoms with E-state index in [9.17, 15) is 4.79 Å². The van der Waals surface area contributed by atoms with Crippen molar-refractivity contribution >= 4 is 35.8 Å². The second-order valence-electron chi connectivity index (χ2n) is 7.26. The number of carbonyl (C=O) groups excluding carboxylic acids is 1. The largest absolute Gasteiger partial charge is 0.383 e. The van der Waals surface area contributed by atoms with Gasteiger partial charge in [-0.3, -0.25) is 9.79 Å². The van der Waals surface area contributed by atoms with E-state index in [-0.39, 0.29) is 24.0 Å². The number of hydrogen-bond acceptors (Lipinski definition) is 4. The second kappa shape index (κ2) is 14.4. The lowest BCUT2D eigenvalue weighted by molar-refractivity contribution is -0.127. The fourth-order valence-electron chi connectivity index (χ4n) is 3.59. The molecule has 2 saturated heterocycles. The van der Waals surface area contributed by atoms with Crippen molar-refractivity contribution in [2.45, 2.75) is 39.0 Å². The normalized spacial score (nSPS) is 19.3. The highest BCUT2D eigenvalue weighted by molar-refractivity contribution is 14.0. The van der Waals surface area contributed by atoms with Crippen LogP contribution >= 0.6 is 24.0 Å². The molecule has 0 atom stereocenters. The minimum Gasteiger partial charge on any atom is -0.383 e. The van der Waals surface area contributed by atoms with Crippen molar-refractivity contribution < 1.29 is 9.53 Å². The zero-order valence-electron chi connectivity index (χ0n) is 17.0. The number of methoxy groups -OCH3 is 1. The number of halogens is 1. The summed E-state index contributed by atoms with van der Waals surface area (Å²) in [6.45, 7) is 10.6. The molecular formula is C19H38IN5O2. The Bertz CT molecular complexity index is 442. The maximum atomic E-state index is 11.6. The van der Waals surface area contributed by atoms with Gasteiger partial charge in [0, 0.05) is 52.8 Å². The SMILES string of the molecule is CCNC(=NCC1CCN(CCOC)CC1)NCCCN1CCCC1=O.I. The van der Waals surface area contributed by atoms with Crippen molar-refractivity contribution in [1.29, 1.82) is 0 Å². The van der Waals surface area contributed by atoms with Gasteiger partial charge < -0.3 is 25.2 Å². The standard InChI is InChI=1S/C19H37N5O2.HI/c1-3-20-19(21-9-5-11-24-10-4-6-18(24)25)22-16-17-7-12-23(13-8-17)14-15-26-2;/h17H,3-16H2,1-2H3,(H2,20,21,22);1H. The summed E-state index contributed by atoms with van der Waals surface area (Å²) < 4.78 is 5.16. The van der Waals surface area contributed by atoms with Crippen LogP contribution in [0.25, 0.3) is 0 Å². The molecule has 2 aliphatic heterocycles. The van der Waals surface area contributed by atoms with E-state index in [0.717, 1.165) is 84.2 Å². The van der Waals surface area contributed by atoms with Crippen LogP contribution in [0.3, 0.4) is 0 Å². The number of amides is 1. The van der Waals surface area contributed by atoms with E-state index in [4.69, 9.17) is 9.73 Å². The Kier molecular flexibility index (Phi) is 13.0. The fraction of sp³-hybridized carbons (Fsp3) is 0.895. The summed E-state index contributed by atoms with van der Waals surface area (Å²) >= 11 is 0. The predicted octanol–water partition coefficient (Wildman–Crippen LogP) is 1.53. The molecule has 2 fully saturated rings. The Balaban J connectivity index is 0.00000364. The molecule has 0 saturated carbocycles. The zero-order chi connectivity index (χ0) is 18.6. The van der Waals surface area contributed by atoms with E-state index in [1.165, 1.54) is 12.8 Å². The summed E-state index contributed by atoms with van der Waals surface area (Å²) in [6, 6.07) is 0. The van der Waals surface area contributed by atoms with Crippen LogP contribution in [0.2, 0.25) is 0 Å². The molecule has 2 rings (SSSR count). The fourth-order valence-corrected chi connectivity index (χ4v) is 3.59. The topological polar surface area (TPSA) is 69.2 Å². The Morgan fingerprint density at radius 2 is 2.00 bits per heavy atom. The molecule has 0 bridgehead atoms. The first-order chi connectivity index (χ1) is 12.7. The van der Waals surface area contributed by atoms with Crippen molar-refractivity contribution in [3.05, 3.63) is 0 Å². The first-order valence-corrected chi connectivity index (χ1v) is 10.2. The van der Waals surface area contributed by atoms with Crippen LogP contribution in [0.15, 0.2) is 4.99 Å². The number of ether oxygens (including phenoxy) is 1. The van der Waals surface area contributed by atoms with Crippen LogP contribution in [-0.4, -0.2) is 87.7 Å². The number of likely N-dealkylation sites (tertiary alicyclic amines) is 2. The smallest absolute Gasteiger partial charge is 0.222 e. The van der Waals surface area contributed by atoms with Gasteiger partial charge in [-0.05, 0) is 51.6 Å². The van der Waals surface area contributed by atoms with Crippen LogP contribution in [0.4, 0.5) is 0 Å². The maximum Gasteiger partial charge on any atom is 0.222 e. The number of hydrogen-bond donors (Lipinski definition) is 2. The average molecular weight is 495 g/mol. The number of piperidine rings is 1. The molecule has 0 unspecified atom stereocenters. The monoisotopic (exact) mass is 495 g/mol. The Morgan fingerprint density at radius 1 is 1.22 bits per heavy atom. The molecule has 27 heavy (non-hydrogen) atoms. The molecule has 2 N–H and O–H groups in total. The number of carbonyl (C=O) groups is 1. The van der Waals surface area contributed by atoms with E-state index >= 15 is 0 Å². The predicted molar refractivity (Wildman–Crippen MR) is 121 cm³/mol. The summed E-state index contributed by atoms with van der Waals surface area (Å²) in [4.78, 5) is 20.9. The van der Waals surface area contributed by atoms with Crippen molar-refractivity contribution in [2.75, 3.05) is 66.1 Å². The third-order valence-electron chi connectivity index (χ3n) is 5.24. The van der Waals surface area contributed by atoms with Crippen molar-refractivity contribution in [2.24, 2.45) is 10.9 Å². The van der Waals surface area contributed by atoms with Gasteiger partial charge in [0.2, 0.25) is 5.91 Å². The highest BCUT2D eigenvalue weighted by Crippen LogP contribution is 2.17. The molecule has 8 heteroatoms. The first kappa shape index (κ1) is 24.4. The lowest BCUT2D eigenvalue weighted by atomic mass is 9.97.